The van der Waals surface area contributed by atoms with E-state index in [0.29, 0.717) is 18.8 Å². The number of likely N-dealkylation sites (tertiary alicyclic amines) is 1. The predicted octanol–water partition coefficient (Wildman–Crippen LogP) is 3.15. The van der Waals surface area contributed by atoms with Crippen molar-refractivity contribution in [3.63, 3.8) is 0 Å². The fourth-order valence-electron chi connectivity index (χ4n) is 3.88. The van der Waals surface area contributed by atoms with Crippen LogP contribution in [0.4, 0.5) is 0 Å². The van der Waals surface area contributed by atoms with Gasteiger partial charge in [-0.05, 0) is 37.1 Å². The molecule has 0 aliphatic carbocycles. The smallest absolute Gasteiger partial charge is 0.260 e. The van der Waals surface area contributed by atoms with E-state index < -0.39 is 0 Å². The molecule has 0 saturated carbocycles. The first-order valence-corrected chi connectivity index (χ1v) is 9.95. The highest BCUT2D eigenvalue weighted by molar-refractivity contribution is 5.77. The van der Waals surface area contributed by atoms with Crippen LogP contribution in [-0.4, -0.2) is 45.4 Å². The van der Waals surface area contributed by atoms with Gasteiger partial charge < -0.3 is 14.7 Å². The van der Waals surface area contributed by atoms with E-state index in [0.717, 1.165) is 29.8 Å². The first-order valence-electron chi connectivity index (χ1n) is 9.95. The maximum absolute atomic E-state index is 12.5. The molecule has 3 aromatic rings. The molecule has 1 aromatic heterocycles. The number of aromatic nitrogens is 2. The number of carbonyl (C=O) groups is 1. The zero-order chi connectivity index (χ0) is 20.1. The zero-order valence-corrected chi connectivity index (χ0v) is 16.3. The van der Waals surface area contributed by atoms with Crippen LogP contribution in [0.1, 0.15) is 30.0 Å². The highest BCUT2D eigenvalue weighted by Crippen LogP contribution is 2.32. The molecule has 1 fully saturated rings. The first-order chi connectivity index (χ1) is 14.3. The average molecular weight is 391 g/mol. The van der Waals surface area contributed by atoms with Crippen LogP contribution in [-0.2, 0) is 11.4 Å². The number of rotatable bonds is 6. The first kappa shape index (κ1) is 19.2. The third kappa shape index (κ3) is 4.32. The summed E-state index contributed by atoms with van der Waals surface area (Å²) in [5.74, 6) is 0.959. The SMILES string of the molecule is O=C(COc1ccccc1)N1CCC(c2c(CO)cnn2-c2ccccc2)CC1. The van der Waals surface area contributed by atoms with Crippen molar-refractivity contribution >= 4 is 5.91 Å². The Labute approximate surface area is 170 Å². The van der Waals surface area contributed by atoms with Gasteiger partial charge in [-0.3, -0.25) is 4.79 Å². The molecule has 0 atom stereocenters. The van der Waals surface area contributed by atoms with Crippen molar-refractivity contribution in [3.05, 3.63) is 78.1 Å². The standard InChI is InChI=1S/C23H25N3O3/c27-16-19-15-24-26(20-7-3-1-4-8-20)23(19)18-11-13-25(14-12-18)22(28)17-29-21-9-5-2-6-10-21/h1-10,15,18,27H,11-14,16-17H2. The Morgan fingerprint density at radius 2 is 1.69 bits per heavy atom. The molecule has 4 rings (SSSR count). The number of amides is 1. The number of aliphatic hydroxyl groups is 1. The van der Waals surface area contributed by atoms with E-state index in [2.05, 4.69) is 5.10 Å². The lowest BCUT2D eigenvalue weighted by atomic mass is 9.91. The lowest BCUT2D eigenvalue weighted by Gasteiger charge is -2.32. The second kappa shape index (κ2) is 8.92. The summed E-state index contributed by atoms with van der Waals surface area (Å²) >= 11 is 0. The summed E-state index contributed by atoms with van der Waals surface area (Å²) in [7, 11) is 0. The number of para-hydroxylation sites is 2. The van der Waals surface area contributed by atoms with Crippen LogP contribution in [0, 0.1) is 0 Å². The molecule has 1 aliphatic heterocycles. The van der Waals surface area contributed by atoms with Crippen molar-refractivity contribution in [2.45, 2.75) is 25.4 Å². The average Bonchev–Trinajstić information content (AvgIpc) is 3.23. The number of nitrogens with zero attached hydrogens (tertiary/aromatic N) is 3. The Kier molecular flexibility index (Phi) is 5.91. The topological polar surface area (TPSA) is 67.6 Å². The number of hydrogen-bond donors (Lipinski definition) is 1. The zero-order valence-electron chi connectivity index (χ0n) is 16.3. The number of ether oxygens (including phenoxy) is 1. The van der Waals surface area contributed by atoms with Crippen LogP contribution < -0.4 is 4.74 Å². The summed E-state index contributed by atoms with van der Waals surface area (Å²) < 4.78 is 7.52. The van der Waals surface area contributed by atoms with Crippen molar-refractivity contribution in [1.82, 2.24) is 14.7 Å². The van der Waals surface area contributed by atoms with Crippen molar-refractivity contribution in [2.24, 2.45) is 0 Å². The van der Waals surface area contributed by atoms with E-state index in [1.165, 1.54) is 0 Å². The van der Waals surface area contributed by atoms with E-state index in [9.17, 15) is 9.90 Å². The number of carbonyl (C=O) groups excluding carboxylic acids is 1. The minimum Gasteiger partial charge on any atom is -0.484 e. The molecule has 0 spiro atoms. The van der Waals surface area contributed by atoms with Crippen molar-refractivity contribution in [2.75, 3.05) is 19.7 Å². The molecule has 0 bridgehead atoms. The molecular weight excluding hydrogens is 366 g/mol. The molecule has 150 valence electrons. The molecule has 0 unspecified atom stereocenters. The Morgan fingerprint density at radius 3 is 2.34 bits per heavy atom. The van der Waals surface area contributed by atoms with Crippen LogP contribution >= 0.6 is 0 Å². The fraction of sp³-hybridized carbons (Fsp3) is 0.304. The summed E-state index contributed by atoms with van der Waals surface area (Å²) in [6.07, 6.45) is 3.42. The molecule has 6 nitrogen and oxygen atoms in total. The molecule has 1 amide bonds. The minimum atomic E-state index is -0.0355. The Bertz CT molecular complexity index is 933. The van der Waals surface area contributed by atoms with Gasteiger partial charge in [-0.25, -0.2) is 4.68 Å². The van der Waals surface area contributed by atoms with Gasteiger partial charge in [-0.1, -0.05) is 36.4 Å². The number of piperidine rings is 1. The highest BCUT2D eigenvalue weighted by atomic mass is 16.5. The van der Waals surface area contributed by atoms with Crippen molar-refractivity contribution in [3.8, 4) is 11.4 Å². The lowest BCUT2D eigenvalue weighted by molar-refractivity contribution is -0.134. The largest absolute Gasteiger partial charge is 0.484 e. The van der Waals surface area contributed by atoms with Crippen molar-refractivity contribution < 1.29 is 14.6 Å². The quantitative estimate of drug-likeness (QED) is 0.701. The number of hydrogen-bond acceptors (Lipinski definition) is 4. The molecule has 0 radical (unpaired) electrons. The maximum Gasteiger partial charge on any atom is 0.260 e. The van der Waals surface area contributed by atoms with Crippen LogP contribution in [0.25, 0.3) is 5.69 Å². The van der Waals surface area contributed by atoms with Crippen LogP contribution in [0.15, 0.2) is 66.9 Å². The molecule has 1 aliphatic rings. The summed E-state index contributed by atoms with van der Waals surface area (Å²) in [5, 5.41) is 14.3. The van der Waals surface area contributed by atoms with E-state index in [4.69, 9.17) is 4.74 Å². The monoisotopic (exact) mass is 391 g/mol. The summed E-state index contributed by atoms with van der Waals surface area (Å²) in [6, 6.07) is 19.3. The number of benzene rings is 2. The van der Waals surface area contributed by atoms with Gasteiger partial charge in [0.15, 0.2) is 6.61 Å². The van der Waals surface area contributed by atoms with Gasteiger partial charge >= 0.3 is 0 Å². The van der Waals surface area contributed by atoms with E-state index >= 15 is 0 Å². The minimum absolute atomic E-state index is 0.00579. The second-order valence-corrected chi connectivity index (χ2v) is 7.22. The van der Waals surface area contributed by atoms with Crippen molar-refractivity contribution in [1.29, 1.82) is 0 Å². The van der Waals surface area contributed by atoms with Gasteiger partial charge in [0.1, 0.15) is 5.75 Å². The third-order valence-corrected chi connectivity index (χ3v) is 5.40. The second-order valence-electron chi connectivity index (χ2n) is 7.22. The molecule has 2 heterocycles. The highest BCUT2D eigenvalue weighted by Gasteiger charge is 2.28. The molecule has 1 N–H and O–H groups in total. The van der Waals surface area contributed by atoms with E-state index in [-0.39, 0.29) is 25.0 Å². The van der Waals surface area contributed by atoms with Gasteiger partial charge in [0.2, 0.25) is 0 Å². The van der Waals surface area contributed by atoms with E-state index in [1.807, 2.05) is 70.2 Å². The van der Waals surface area contributed by atoms with Crippen LogP contribution in [0.2, 0.25) is 0 Å². The normalized spacial score (nSPS) is 14.7. The Balaban J connectivity index is 1.41. The van der Waals surface area contributed by atoms with Gasteiger partial charge in [0, 0.05) is 24.6 Å². The lowest BCUT2D eigenvalue weighted by Crippen LogP contribution is -2.40. The number of aliphatic hydroxyl groups excluding tert-OH is 1. The van der Waals surface area contributed by atoms with Crippen LogP contribution in [0.5, 0.6) is 5.75 Å². The molecule has 1 saturated heterocycles. The van der Waals surface area contributed by atoms with Gasteiger partial charge in [0.25, 0.3) is 5.91 Å². The third-order valence-electron chi connectivity index (χ3n) is 5.40. The van der Waals surface area contributed by atoms with E-state index in [1.54, 1.807) is 6.20 Å². The fourth-order valence-corrected chi connectivity index (χ4v) is 3.88. The Morgan fingerprint density at radius 1 is 1.03 bits per heavy atom. The van der Waals surface area contributed by atoms with Gasteiger partial charge in [-0.2, -0.15) is 5.10 Å². The molecule has 29 heavy (non-hydrogen) atoms. The molecular formula is C23H25N3O3. The molecule has 6 heteroatoms. The maximum atomic E-state index is 12.5. The summed E-state index contributed by atoms with van der Waals surface area (Å²) in [5.41, 5.74) is 2.88. The molecule has 2 aromatic carbocycles. The van der Waals surface area contributed by atoms with Gasteiger partial charge in [0.05, 0.1) is 24.2 Å². The predicted molar refractivity (Wildman–Crippen MR) is 110 cm³/mol. The summed E-state index contributed by atoms with van der Waals surface area (Å²) in [6.45, 7) is 1.36. The summed E-state index contributed by atoms with van der Waals surface area (Å²) in [4.78, 5) is 14.4. The Hall–Kier alpha value is -3.12. The van der Waals surface area contributed by atoms with Gasteiger partial charge in [-0.15, -0.1) is 0 Å². The van der Waals surface area contributed by atoms with Crippen LogP contribution in [0.3, 0.4) is 0 Å².